The Bertz CT molecular complexity index is 1360. The van der Waals surface area contributed by atoms with E-state index in [0.29, 0.717) is 17.5 Å². The number of fused-ring (bicyclic) bond motifs is 2. The van der Waals surface area contributed by atoms with E-state index in [2.05, 4.69) is 44.5 Å². The van der Waals surface area contributed by atoms with Crippen LogP contribution in [0.4, 0.5) is 10.3 Å². The molecule has 1 aliphatic heterocycles. The van der Waals surface area contributed by atoms with Crippen molar-refractivity contribution in [3.8, 4) is 6.07 Å². The van der Waals surface area contributed by atoms with E-state index in [9.17, 15) is 9.65 Å². The van der Waals surface area contributed by atoms with Gasteiger partial charge in [-0.05, 0) is 69.0 Å². The number of rotatable bonds is 7. The summed E-state index contributed by atoms with van der Waals surface area (Å²) < 4.78 is 16.3. The van der Waals surface area contributed by atoms with Crippen LogP contribution in [0.25, 0.3) is 11.0 Å². The maximum atomic E-state index is 14.3. The molecule has 194 valence electrons. The van der Waals surface area contributed by atoms with Crippen molar-refractivity contribution in [3.05, 3.63) is 58.4 Å². The largest absolute Gasteiger partial charge is 0.339 e. The van der Waals surface area contributed by atoms with Crippen molar-refractivity contribution in [2.75, 3.05) is 51.2 Å². The Morgan fingerprint density at radius 2 is 2.00 bits per heavy atom. The molecule has 3 aliphatic rings. The smallest absolute Gasteiger partial charge is 0.206 e. The van der Waals surface area contributed by atoms with Crippen LogP contribution in [0.3, 0.4) is 0 Å². The molecule has 1 unspecified atom stereocenters. The van der Waals surface area contributed by atoms with Crippen molar-refractivity contribution in [3.63, 3.8) is 0 Å². The van der Waals surface area contributed by atoms with Crippen LogP contribution in [0.15, 0.2) is 36.4 Å². The Kier molecular flexibility index (Phi) is 6.38. The molecule has 2 aromatic carbocycles. The third kappa shape index (κ3) is 4.39. The molecule has 0 radical (unpaired) electrons. The molecule has 6 rings (SSSR count). The van der Waals surface area contributed by atoms with Crippen LogP contribution in [0.1, 0.15) is 36.8 Å². The predicted molar refractivity (Wildman–Crippen MR) is 146 cm³/mol. The molecule has 3 atom stereocenters. The number of anilines is 1. The van der Waals surface area contributed by atoms with Crippen molar-refractivity contribution >= 4 is 28.6 Å². The van der Waals surface area contributed by atoms with E-state index in [1.54, 1.807) is 6.07 Å². The van der Waals surface area contributed by atoms with Crippen molar-refractivity contribution in [1.29, 1.82) is 5.26 Å². The second-order valence-corrected chi connectivity index (χ2v) is 11.6. The first-order valence-electron chi connectivity index (χ1n) is 13.4. The predicted octanol–water partition coefficient (Wildman–Crippen LogP) is 4.80. The highest BCUT2D eigenvalue weighted by atomic mass is 35.5. The first-order chi connectivity index (χ1) is 17.9. The number of likely N-dealkylation sites (N-methyl/N-ethyl adjacent to an activating group) is 1. The molecule has 2 saturated carbocycles. The van der Waals surface area contributed by atoms with Crippen molar-refractivity contribution < 1.29 is 4.39 Å². The van der Waals surface area contributed by atoms with E-state index in [-0.39, 0.29) is 10.4 Å². The third-order valence-electron chi connectivity index (χ3n) is 9.08. The topological polar surface area (TPSA) is 51.3 Å². The lowest BCUT2D eigenvalue weighted by Gasteiger charge is -2.34. The van der Waals surface area contributed by atoms with Crippen LogP contribution in [0, 0.1) is 23.1 Å². The summed E-state index contributed by atoms with van der Waals surface area (Å²) in [6, 6.07) is 14.0. The Morgan fingerprint density at radius 3 is 2.76 bits per heavy atom. The fraction of sp³-hybridized carbons (Fsp3) is 0.517. The van der Waals surface area contributed by atoms with Gasteiger partial charge in [-0.25, -0.2) is 9.37 Å². The normalized spacial score (nSPS) is 25.8. The van der Waals surface area contributed by atoms with Crippen molar-refractivity contribution in [1.82, 2.24) is 19.4 Å². The maximum absolute atomic E-state index is 14.3. The van der Waals surface area contributed by atoms with Gasteiger partial charge in [0.1, 0.15) is 5.82 Å². The zero-order valence-corrected chi connectivity index (χ0v) is 22.4. The summed E-state index contributed by atoms with van der Waals surface area (Å²) in [6.07, 6.45) is 4.42. The van der Waals surface area contributed by atoms with Gasteiger partial charge in [0.15, 0.2) is 0 Å². The molecule has 0 amide bonds. The minimum absolute atomic E-state index is 0.128. The molecule has 37 heavy (non-hydrogen) atoms. The minimum atomic E-state index is -0.431. The molecule has 2 heterocycles. The molecule has 0 N–H and O–H groups in total. The number of hydrogen-bond acceptors (Lipinski definition) is 5. The highest BCUT2D eigenvalue weighted by Crippen LogP contribution is 2.65. The van der Waals surface area contributed by atoms with E-state index in [1.807, 2.05) is 19.2 Å². The molecule has 1 aromatic heterocycles. The SMILES string of the molecule is CN1CCN(CCCN(c2nc3cc(F)c(Cl)cc3n2C)[C@@H]2CCC3(c4cccc(C#N)c4)C[C@H]23)CC1. The second-order valence-electron chi connectivity index (χ2n) is 11.2. The first kappa shape index (κ1) is 24.7. The molecular weight excluding hydrogens is 487 g/mol. The molecule has 1 saturated heterocycles. The minimum Gasteiger partial charge on any atom is -0.339 e. The number of imidazole rings is 1. The standard InChI is InChI=1S/C29H34ClFN6/c1-34-11-13-36(14-12-34)9-4-10-37(28-33-25-17-24(31)23(30)16-27(25)35(28)2)26-7-8-29(18-22(26)29)21-6-3-5-20(15-21)19-32/h3,5-6,15-17,22,26H,4,7-14,18H2,1-2H3/t22-,26-,29?/m1/s1. The molecule has 8 heteroatoms. The molecule has 6 nitrogen and oxygen atoms in total. The third-order valence-corrected chi connectivity index (χ3v) is 9.37. The highest BCUT2D eigenvalue weighted by Gasteiger charge is 2.63. The van der Waals surface area contributed by atoms with Gasteiger partial charge in [0.2, 0.25) is 5.95 Å². The number of nitriles is 1. The summed E-state index contributed by atoms with van der Waals surface area (Å²) >= 11 is 6.13. The second kappa shape index (κ2) is 9.58. The van der Waals surface area contributed by atoms with Gasteiger partial charge in [0, 0.05) is 57.3 Å². The van der Waals surface area contributed by atoms with Crippen molar-refractivity contribution in [2.45, 2.75) is 37.1 Å². The summed E-state index contributed by atoms with van der Waals surface area (Å²) in [6.45, 7) is 6.46. The number of aryl methyl sites for hydroxylation is 1. The first-order valence-corrected chi connectivity index (χ1v) is 13.8. The van der Waals surface area contributed by atoms with Crippen LogP contribution in [-0.2, 0) is 12.5 Å². The van der Waals surface area contributed by atoms with Crippen LogP contribution in [0.2, 0.25) is 5.02 Å². The Morgan fingerprint density at radius 1 is 1.19 bits per heavy atom. The average Bonchev–Trinajstić information content (AvgIpc) is 3.41. The van der Waals surface area contributed by atoms with Gasteiger partial charge >= 0.3 is 0 Å². The lowest BCUT2D eigenvalue weighted by atomic mass is 9.92. The maximum Gasteiger partial charge on any atom is 0.206 e. The zero-order valence-electron chi connectivity index (χ0n) is 21.6. The monoisotopic (exact) mass is 520 g/mol. The van der Waals surface area contributed by atoms with Gasteiger partial charge in [-0.1, -0.05) is 23.7 Å². The number of halogens is 2. The van der Waals surface area contributed by atoms with Gasteiger partial charge in [0.25, 0.3) is 0 Å². The van der Waals surface area contributed by atoms with E-state index in [4.69, 9.17) is 16.6 Å². The lowest BCUT2D eigenvalue weighted by molar-refractivity contribution is 0.153. The summed E-state index contributed by atoms with van der Waals surface area (Å²) in [7, 11) is 4.20. The quantitative estimate of drug-likeness (QED) is 0.448. The van der Waals surface area contributed by atoms with Crippen LogP contribution in [-0.4, -0.2) is 71.7 Å². The van der Waals surface area contributed by atoms with Gasteiger partial charge in [-0.3, -0.25) is 0 Å². The van der Waals surface area contributed by atoms with Gasteiger partial charge in [-0.2, -0.15) is 5.26 Å². The van der Waals surface area contributed by atoms with Crippen LogP contribution in [0.5, 0.6) is 0 Å². The van der Waals surface area contributed by atoms with E-state index < -0.39 is 5.82 Å². The van der Waals surface area contributed by atoms with E-state index >= 15 is 0 Å². The lowest BCUT2D eigenvalue weighted by Crippen LogP contribution is -2.45. The highest BCUT2D eigenvalue weighted by molar-refractivity contribution is 6.31. The van der Waals surface area contributed by atoms with Crippen LogP contribution >= 0.6 is 11.6 Å². The molecule has 0 bridgehead atoms. The number of aromatic nitrogens is 2. The fourth-order valence-electron chi connectivity index (χ4n) is 6.86. The summed E-state index contributed by atoms with van der Waals surface area (Å²) in [4.78, 5) is 12.4. The number of piperazine rings is 1. The molecule has 3 fully saturated rings. The van der Waals surface area contributed by atoms with E-state index in [1.165, 1.54) is 11.6 Å². The molecule has 2 aliphatic carbocycles. The van der Waals surface area contributed by atoms with Gasteiger partial charge in [0.05, 0.1) is 27.7 Å². The Labute approximate surface area is 223 Å². The summed E-state index contributed by atoms with van der Waals surface area (Å²) in [5, 5.41) is 9.56. The molecular formula is C29H34ClFN6. The van der Waals surface area contributed by atoms with Gasteiger partial charge in [-0.15, -0.1) is 0 Å². The fourth-order valence-corrected chi connectivity index (χ4v) is 7.02. The Hall–Kier alpha value is -2.66. The molecule has 3 aromatic rings. The average molecular weight is 521 g/mol. The number of hydrogen-bond donors (Lipinski definition) is 0. The number of nitrogens with zero attached hydrogens (tertiary/aromatic N) is 6. The van der Waals surface area contributed by atoms with E-state index in [0.717, 1.165) is 82.0 Å². The van der Waals surface area contributed by atoms with Gasteiger partial charge < -0.3 is 19.3 Å². The summed E-state index contributed by atoms with van der Waals surface area (Å²) in [5.74, 6) is 0.999. The van der Waals surface area contributed by atoms with Crippen LogP contribution < -0.4 is 4.90 Å². The number of benzene rings is 2. The Balaban J connectivity index is 1.28. The van der Waals surface area contributed by atoms with Crippen molar-refractivity contribution in [2.24, 2.45) is 13.0 Å². The summed E-state index contributed by atoms with van der Waals surface area (Å²) in [5.41, 5.74) is 3.69. The molecule has 0 spiro atoms. The zero-order chi connectivity index (χ0) is 25.7.